The topological polar surface area (TPSA) is 38.3 Å². The highest BCUT2D eigenvalue weighted by molar-refractivity contribution is 7.12. The maximum absolute atomic E-state index is 12.0. The Hall–Kier alpha value is -2.25. The first-order valence-corrected chi connectivity index (χ1v) is 6.12. The van der Waals surface area contributed by atoms with Crippen LogP contribution in [0.4, 0.5) is 5.69 Å². The Kier molecular flexibility index (Phi) is 3.66. The van der Waals surface area contributed by atoms with Gasteiger partial charge in [0.2, 0.25) is 0 Å². The number of anilines is 1. The van der Waals surface area contributed by atoms with Crippen molar-refractivity contribution >= 4 is 22.9 Å². The van der Waals surface area contributed by atoms with Gasteiger partial charge in [0, 0.05) is 11.3 Å². The van der Waals surface area contributed by atoms with E-state index in [1.807, 2.05) is 5.38 Å². The Morgan fingerprint density at radius 1 is 1.44 bits per heavy atom. The molecule has 0 spiro atoms. The third kappa shape index (κ3) is 2.53. The average molecular weight is 257 g/mol. The molecule has 3 nitrogen and oxygen atoms in total. The van der Waals surface area contributed by atoms with Crippen molar-refractivity contribution in [1.82, 2.24) is 0 Å². The Labute approximate surface area is 109 Å². The molecule has 0 atom stereocenters. The second kappa shape index (κ2) is 5.39. The minimum atomic E-state index is -0.198. The molecule has 18 heavy (non-hydrogen) atoms. The van der Waals surface area contributed by atoms with Crippen LogP contribution in [0.3, 0.4) is 0 Å². The van der Waals surface area contributed by atoms with Crippen molar-refractivity contribution in [3.8, 4) is 18.1 Å². The lowest BCUT2D eigenvalue weighted by Gasteiger charge is -2.05. The molecular formula is C14H11NO2S. The molecule has 4 heteroatoms. The lowest BCUT2D eigenvalue weighted by Crippen LogP contribution is -2.11. The largest absolute Gasteiger partial charge is 0.495 e. The normalized spacial score (nSPS) is 9.56. The highest BCUT2D eigenvalue weighted by Crippen LogP contribution is 2.25. The maximum atomic E-state index is 12.0. The second-order valence-electron chi connectivity index (χ2n) is 3.50. The van der Waals surface area contributed by atoms with Crippen molar-refractivity contribution < 1.29 is 9.53 Å². The highest BCUT2D eigenvalue weighted by Gasteiger charge is 2.13. The molecule has 0 aliphatic carbocycles. The van der Waals surface area contributed by atoms with Crippen LogP contribution >= 0.6 is 11.3 Å². The van der Waals surface area contributed by atoms with Gasteiger partial charge in [0.25, 0.3) is 5.91 Å². The summed E-state index contributed by atoms with van der Waals surface area (Å²) in [5, 5.41) is 4.60. The van der Waals surface area contributed by atoms with Crippen LogP contribution in [-0.2, 0) is 0 Å². The number of carbonyl (C=O) groups is 1. The first-order chi connectivity index (χ1) is 8.74. The molecular weight excluding hydrogens is 246 g/mol. The van der Waals surface area contributed by atoms with Crippen molar-refractivity contribution in [3.05, 3.63) is 46.2 Å². The monoisotopic (exact) mass is 257 g/mol. The lowest BCUT2D eigenvalue weighted by atomic mass is 10.2. The number of hydrogen-bond acceptors (Lipinski definition) is 3. The van der Waals surface area contributed by atoms with Gasteiger partial charge in [0.05, 0.1) is 7.11 Å². The highest BCUT2D eigenvalue weighted by atomic mass is 32.1. The van der Waals surface area contributed by atoms with Crippen molar-refractivity contribution in [1.29, 1.82) is 0 Å². The second-order valence-corrected chi connectivity index (χ2v) is 4.41. The fraction of sp³-hybridized carbons (Fsp3) is 0.0714. The summed E-state index contributed by atoms with van der Waals surface area (Å²) in [6, 6.07) is 8.91. The van der Waals surface area contributed by atoms with Gasteiger partial charge in [-0.2, -0.15) is 0 Å². The summed E-state index contributed by atoms with van der Waals surface area (Å²) >= 11 is 1.33. The molecule has 0 aliphatic heterocycles. The molecule has 2 rings (SSSR count). The fourth-order valence-corrected chi connectivity index (χ4v) is 2.25. The predicted molar refractivity (Wildman–Crippen MR) is 73.2 cm³/mol. The molecule has 1 amide bonds. The summed E-state index contributed by atoms with van der Waals surface area (Å²) < 4.78 is 5.11. The molecule has 1 aromatic heterocycles. The smallest absolute Gasteiger partial charge is 0.269 e. The van der Waals surface area contributed by atoms with Gasteiger partial charge in [-0.25, -0.2) is 0 Å². The number of hydrogen-bond donors (Lipinski definition) is 1. The van der Waals surface area contributed by atoms with Crippen LogP contribution in [0.25, 0.3) is 0 Å². The van der Waals surface area contributed by atoms with Crippen LogP contribution in [-0.4, -0.2) is 13.0 Å². The van der Waals surface area contributed by atoms with E-state index in [4.69, 9.17) is 11.2 Å². The molecule has 0 bridgehead atoms. The molecule has 0 fully saturated rings. The van der Waals surface area contributed by atoms with Crippen LogP contribution < -0.4 is 10.1 Å². The van der Waals surface area contributed by atoms with E-state index in [0.29, 0.717) is 16.3 Å². The number of benzene rings is 1. The SMILES string of the molecule is C#Cc1cccc(NC(=O)c2sccc2OC)c1. The van der Waals surface area contributed by atoms with Gasteiger partial charge in [-0.3, -0.25) is 4.79 Å². The summed E-state index contributed by atoms with van der Waals surface area (Å²) in [4.78, 5) is 12.6. The molecule has 0 saturated heterocycles. The zero-order chi connectivity index (χ0) is 13.0. The molecule has 0 radical (unpaired) electrons. The van der Waals surface area contributed by atoms with Crippen LogP contribution in [0.5, 0.6) is 5.75 Å². The number of methoxy groups -OCH3 is 1. The summed E-state index contributed by atoms with van der Waals surface area (Å²) in [5.41, 5.74) is 1.40. The summed E-state index contributed by atoms with van der Waals surface area (Å²) in [5.74, 6) is 2.90. The van der Waals surface area contributed by atoms with E-state index in [0.717, 1.165) is 5.56 Å². The molecule has 90 valence electrons. The third-order valence-electron chi connectivity index (χ3n) is 2.34. The summed E-state index contributed by atoms with van der Waals surface area (Å²) in [6.45, 7) is 0. The molecule has 1 heterocycles. The van der Waals surface area contributed by atoms with Crippen LogP contribution in [0.1, 0.15) is 15.2 Å². The molecule has 2 aromatic rings. The van der Waals surface area contributed by atoms with Gasteiger partial charge in [-0.1, -0.05) is 12.0 Å². The number of carbonyl (C=O) groups excluding carboxylic acids is 1. The molecule has 1 aromatic carbocycles. The molecule has 1 N–H and O–H groups in total. The van der Waals surface area contributed by atoms with Crippen LogP contribution in [0.2, 0.25) is 0 Å². The zero-order valence-electron chi connectivity index (χ0n) is 9.77. The Bertz CT molecular complexity index is 610. The van der Waals surface area contributed by atoms with Gasteiger partial charge < -0.3 is 10.1 Å². The van der Waals surface area contributed by atoms with Crippen molar-refractivity contribution in [2.75, 3.05) is 12.4 Å². The first-order valence-electron chi connectivity index (χ1n) is 5.24. The Morgan fingerprint density at radius 2 is 2.28 bits per heavy atom. The van der Waals surface area contributed by atoms with Gasteiger partial charge >= 0.3 is 0 Å². The van der Waals surface area contributed by atoms with E-state index in [2.05, 4.69) is 11.2 Å². The van der Waals surface area contributed by atoms with E-state index in [-0.39, 0.29) is 5.91 Å². The Morgan fingerprint density at radius 3 is 3.00 bits per heavy atom. The summed E-state index contributed by atoms with van der Waals surface area (Å²) in [6.07, 6.45) is 5.31. The lowest BCUT2D eigenvalue weighted by molar-refractivity contribution is 0.102. The van der Waals surface area contributed by atoms with Crippen molar-refractivity contribution in [2.24, 2.45) is 0 Å². The number of terminal acetylenes is 1. The van der Waals surface area contributed by atoms with Crippen LogP contribution in [0, 0.1) is 12.3 Å². The van der Waals surface area contributed by atoms with Gasteiger partial charge in [0.1, 0.15) is 10.6 Å². The van der Waals surface area contributed by atoms with E-state index < -0.39 is 0 Å². The quantitative estimate of drug-likeness (QED) is 0.858. The number of rotatable bonds is 3. The van der Waals surface area contributed by atoms with Crippen LogP contribution in [0.15, 0.2) is 35.7 Å². The van der Waals surface area contributed by atoms with E-state index in [9.17, 15) is 4.79 Å². The number of nitrogens with one attached hydrogen (secondary N) is 1. The van der Waals surface area contributed by atoms with E-state index >= 15 is 0 Å². The fourth-order valence-electron chi connectivity index (χ4n) is 1.50. The van der Waals surface area contributed by atoms with Crippen molar-refractivity contribution in [2.45, 2.75) is 0 Å². The number of amides is 1. The predicted octanol–water partition coefficient (Wildman–Crippen LogP) is 2.99. The van der Waals surface area contributed by atoms with Gasteiger partial charge in [-0.05, 0) is 29.6 Å². The Balaban J connectivity index is 2.19. The first kappa shape index (κ1) is 12.2. The minimum Gasteiger partial charge on any atom is -0.495 e. The number of thiophene rings is 1. The van der Waals surface area contributed by atoms with E-state index in [1.165, 1.54) is 18.4 Å². The van der Waals surface area contributed by atoms with E-state index in [1.54, 1.807) is 30.3 Å². The minimum absolute atomic E-state index is 0.198. The molecule has 0 saturated carbocycles. The zero-order valence-corrected chi connectivity index (χ0v) is 10.6. The average Bonchev–Trinajstić information content (AvgIpc) is 2.87. The maximum Gasteiger partial charge on any atom is 0.269 e. The molecule has 0 unspecified atom stereocenters. The third-order valence-corrected chi connectivity index (χ3v) is 3.24. The van der Waals surface area contributed by atoms with Gasteiger partial charge in [0.15, 0.2) is 0 Å². The summed E-state index contributed by atoms with van der Waals surface area (Å²) in [7, 11) is 1.54. The molecule has 0 aliphatic rings. The van der Waals surface area contributed by atoms with Gasteiger partial charge in [-0.15, -0.1) is 17.8 Å². The van der Waals surface area contributed by atoms with Crippen molar-refractivity contribution in [3.63, 3.8) is 0 Å². The number of ether oxygens (including phenoxy) is 1. The standard InChI is InChI=1S/C14H11NO2S/c1-3-10-5-4-6-11(9-10)15-14(16)13-12(17-2)7-8-18-13/h1,4-9H,2H3,(H,15,16).